The zero-order valence-corrected chi connectivity index (χ0v) is 5.16. The van der Waals surface area contributed by atoms with Crippen molar-refractivity contribution < 1.29 is 0 Å². The van der Waals surface area contributed by atoms with Gasteiger partial charge in [-0.05, 0) is 11.6 Å². The summed E-state index contributed by atoms with van der Waals surface area (Å²) < 4.78 is 0. The quantitative estimate of drug-likeness (QED) is 0.518. The minimum Gasteiger partial charge on any atom is -0.215 e. The van der Waals surface area contributed by atoms with Crippen LogP contribution in [-0.4, -0.2) is 9.97 Å². The fraction of sp³-hybridized carbons (Fsp3) is 0. The molecule has 0 aliphatic rings. The van der Waals surface area contributed by atoms with E-state index < -0.39 is 0 Å². The fourth-order valence-corrected chi connectivity index (χ4v) is 0.409. The first kappa shape index (κ1) is 5.79. The minimum atomic E-state index is 0.106. The predicted molar refractivity (Wildman–Crippen MR) is 29.7 cm³/mol. The van der Waals surface area contributed by atoms with Crippen molar-refractivity contribution >= 4 is 23.2 Å². The van der Waals surface area contributed by atoms with Crippen LogP contribution in [0.3, 0.4) is 0 Å². The molecule has 0 aliphatic heterocycles. The third-order valence-electron chi connectivity index (χ3n) is 0.493. The van der Waals surface area contributed by atoms with Crippen LogP contribution in [-0.2, 0) is 0 Å². The average molecular weight is 147 g/mol. The van der Waals surface area contributed by atoms with Crippen molar-refractivity contribution in [3.63, 3.8) is 0 Å². The molecule has 8 heavy (non-hydrogen) atoms. The Morgan fingerprint density at radius 1 is 1.12 bits per heavy atom. The molecule has 0 amide bonds. The zero-order chi connectivity index (χ0) is 5.98. The lowest BCUT2D eigenvalue weighted by Gasteiger charge is -1.82. The Balaban J connectivity index is 3.03. The van der Waals surface area contributed by atoms with Crippen LogP contribution in [0.2, 0.25) is 10.3 Å². The zero-order valence-electron chi connectivity index (χ0n) is 3.65. The molecule has 0 N–H and O–H groups in total. The second-order valence-electron chi connectivity index (χ2n) is 1.03. The summed E-state index contributed by atoms with van der Waals surface area (Å²) in [5.41, 5.74) is 0. The van der Waals surface area contributed by atoms with E-state index in [2.05, 4.69) is 22.4 Å². The Kier molecular flexibility index (Phi) is 1.65. The van der Waals surface area contributed by atoms with Gasteiger partial charge in [0.2, 0.25) is 5.28 Å². The lowest BCUT2D eigenvalue weighted by molar-refractivity contribution is 1.15. The SMILES string of the molecule is Clc1[c]nc(Cl)n[c]1. The number of nitrogens with zero attached hydrogens (tertiary/aromatic N) is 2. The predicted octanol–water partition coefficient (Wildman–Crippen LogP) is 1.38. The summed E-state index contributed by atoms with van der Waals surface area (Å²) in [6.45, 7) is 0. The molecule has 0 atom stereocenters. The van der Waals surface area contributed by atoms with Gasteiger partial charge < -0.3 is 0 Å². The number of aromatic nitrogens is 2. The van der Waals surface area contributed by atoms with Gasteiger partial charge in [0.1, 0.15) is 12.4 Å². The number of rotatable bonds is 0. The molecule has 40 valence electrons. The Morgan fingerprint density at radius 3 is 2.00 bits per heavy atom. The maximum absolute atomic E-state index is 5.32. The van der Waals surface area contributed by atoms with E-state index in [1.165, 1.54) is 0 Å². The van der Waals surface area contributed by atoms with Crippen molar-refractivity contribution in [3.05, 3.63) is 22.7 Å². The van der Waals surface area contributed by atoms with Gasteiger partial charge in [0.25, 0.3) is 0 Å². The van der Waals surface area contributed by atoms with E-state index in [0.717, 1.165) is 0 Å². The van der Waals surface area contributed by atoms with Crippen LogP contribution in [0.25, 0.3) is 0 Å². The van der Waals surface area contributed by atoms with Crippen LogP contribution in [0.4, 0.5) is 0 Å². The van der Waals surface area contributed by atoms with Gasteiger partial charge in [-0.3, -0.25) is 0 Å². The first-order valence-electron chi connectivity index (χ1n) is 1.77. The highest BCUT2D eigenvalue weighted by molar-refractivity contribution is 6.30. The average Bonchev–Trinajstić information content (AvgIpc) is 1.77. The Labute approximate surface area is 56.5 Å². The molecule has 1 heterocycles. The Hall–Kier alpha value is -0.340. The normalized spacial score (nSPS) is 9.25. The van der Waals surface area contributed by atoms with Gasteiger partial charge in [0.15, 0.2) is 0 Å². The Morgan fingerprint density at radius 2 is 1.62 bits per heavy atom. The van der Waals surface area contributed by atoms with Crippen molar-refractivity contribution in [3.8, 4) is 0 Å². The molecule has 0 bridgehead atoms. The van der Waals surface area contributed by atoms with E-state index in [-0.39, 0.29) is 10.3 Å². The third-order valence-corrected chi connectivity index (χ3v) is 0.831. The molecule has 0 saturated carbocycles. The summed E-state index contributed by atoms with van der Waals surface area (Å²) in [7, 11) is 0. The number of halogens is 2. The maximum atomic E-state index is 5.32. The van der Waals surface area contributed by atoms with Crippen LogP contribution < -0.4 is 0 Å². The van der Waals surface area contributed by atoms with Crippen molar-refractivity contribution in [2.24, 2.45) is 0 Å². The molecule has 2 radical (unpaired) electrons. The van der Waals surface area contributed by atoms with Gasteiger partial charge in [-0.15, -0.1) is 0 Å². The Bertz CT molecular complexity index is 151. The van der Waals surface area contributed by atoms with Crippen LogP contribution in [0.5, 0.6) is 0 Å². The van der Waals surface area contributed by atoms with Gasteiger partial charge in [-0.2, -0.15) is 0 Å². The molecule has 0 saturated heterocycles. The minimum absolute atomic E-state index is 0.106. The molecular weight excluding hydrogens is 147 g/mol. The van der Waals surface area contributed by atoms with Gasteiger partial charge in [-0.1, -0.05) is 11.6 Å². The number of hydrogen-bond donors (Lipinski definition) is 0. The second-order valence-corrected chi connectivity index (χ2v) is 1.75. The van der Waals surface area contributed by atoms with Gasteiger partial charge in [-0.25, -0.2) is 9.97 Å². The van der Waals surface area contributed by atoms with Crippen LogP contribution in [0, 0.1) is 12.4 Å². The molecule has 4 heteroatoms. The first-order valence-corrected chi connectivity index (χ1v) is 2.53. The topological polar surface area (TPSA) is 25.8 Å². The molecule has 0 fully saturated rings. The molecule has 0 unspecified atom stereocenters. The van der Waals surface area contributed by atoms with E-state index in [1.807, 2.05) is 0 Å². The highest BCUT2D eigenvalue weighted by Crippen LogP contribution is 2.03. The smallest absolute Gasteiger partial charge is 0.215 e. The van der Waals surface area contributed by atoms with E-state index in [1.54, 1.807) is 0 Å². The van der Waals surface area contributed by atoms with Gasteiger partial charge in [0.05, 0.1) is 5.02 Å². The standard InChI is InChI=1S/C4Cl2N2/c5-3-1-7-4(6)8-2-3. The van der Waals surface area contributed by atoms with Crippen LogP contribution >= 0.6 is 23.2 Å². The molecule has 0 aromatic carbocycles. The summed E-state index contributed by atoms with van der Waals surface area (Å²) in [6, 6.07) is 0. The van der Waals surface area contributed by atoms with Crippen molar-refractivity contribution in [2.45, 2.75) is 0 Å². The highest BCUT2D eigenvalue weighted by atomic mass is 35.5. The van der Waals surface area contributed by atoms with E-state index in [9.17, 15) is 0 Å². The van der Waals surface area contributed by atoms with Crippen molar-refractivity contribution in [2.75, 3.05) is 0 Å². The molecule has 1 aromatic heterocycles. The molecular formula is C4Cl2N2. The fourth-order valence-electron chi connectivity index (χ4n) is 0.240. The van der Waals surface area contributed by atoms with E-state index >= 15 is 0 Å². The number of hydrogen-bond acceptors (Lipinski definition) is 2. The molecule has 0 aliphatic carbocycles. The van der Waals surface area contributed by atoms with Gasteiger partial charge in [0, 0.05) is 0 Å². The molecule has 1 rings (SSSR count). The van der Waals surface area contributed by atoms with E-state index in [4.69, 9.17) is 23.2 Å². The lowest BCUT2D eigenvalue weighted by atomic mass is 10.7. The summed E-state index contributed by atoms with van der Waals surface area (Å²) in [6.07, 6.45) is 4.73. The summed E-state index contributed by atoms with van der Waals surface area (Å²) in [4.78, 5) is 6.89. The molecule has 2 nitrogen and oxygen atoms in total. The summed E-state index contributed by atoms with van der Waals surface area (Å²) in [5, 5.41) is 0.351. The van der Waals surface area contributed by atoms with Crippen molar-refractivity contribution in [1.82, 2.24) is 9.97 Å². The largest absolute Gasteiger partial charge is 0.223 e. The van der Waals surface area contributed by atoms with Crippen LogP contribution in [0.15, 0.2) is 0 Å². The second kappa shape index (κ2) is 2.29. The maximum Gasteiger partial charge on any atom is 0.223 e. The summed E-state index contributed by atoms with van der Waals surface area (Å²) in [5.74, 6) is 0. The molecule has 1 aromatic rings. The van der Waals surface area contributed by atoms with Crippen molar-refractivity contribution in [1.29, 1.82) is 0 Å². The van der Waals surface area contributed by atoms with Gasteiger partial charge >= 0.3 is 0 Å². The monoisotopic (exact) mass is 146 g/mol. The first-order chi connectivity index (χ1) is 3.79. The summed E-state index contributed by atoms with van der Waals surface area (Å²) >= 11 is 10.6. The molecule has 0 spiro atoms. The lowest BCUT2D eigenvalue weighted by Crippen LogP contribution is -1.78. The third kappa shape index (κ3) is 1.32. The highest BCUT2D eigenvalue weighted by Gasteiger charge is 1.89. The van der Waals surface area contributed by atoms with E-state index in [0.29, 0.717) is 0 Å². The van der Waals surface area contributed by atoms with Crippen LogP contribution in [0.1, 0.15) is 0 Å².